The number of hydrogen-bond acceptors (Lipinski definition) is 1. The molecule has 0 radical (unpaired) electrons. The van der Waals surface area contributed by atoms with Gasteiger partial charge in [0.2, 0.25) is 0 Å². The van der Waals surface area contributed by atoms with Gasteiger partial charge in [-0.15, -0.1) is 0 Å². The number of nitrogens with two attached hydrogens (primary N) is 1. The summed E-state index contributed by atoms with van der Waals surface area (Å²) < 4.78 is 0. The first-order valence-electron chi connectivity index (χ1n) is 3.43. The third-order valence-electron chi connectivity index (χ3n) is 1.33. The Morgan fingerprint density at radius 2 is 2.10 bits per heavy atom. The fraction of sp³-hybridized carbons (Fsp3) is 0.250. The van der Waals surface area contributed by atoms with Gasteiger partial charge in [0.25, 0.3) is 0 Å². The minimum atomic E-state index is 0.861. The lowest BCUT2D eigenvalue weighted by Crippen LogP contribution is -2.02. The predicted molar refractivity (Wildman–Crippen MR) is 49.3 cm³/mol. The fourth-order valence-electron chi connectivity index (χ4n) is 0.848. The van der Waals surface area contributed by atoms with Crippen LogP contribution in [0.2, 0.25) is 0 Å². The first-order valence-corrected chi connectivity index (χ1v) is 4.63. The van der Waals surface area contributed by atoms with Gasteiger partial charge in [-0.05, 0) is 17.5 Å². The lowest BCUT2D eigenvalue weighted by Gasteiger charge is -2.01. The minimum absolute atomic E-state index is 0.861. The summed E-state index contributed by atoms with van der Waals surface area (Å²) in [6.07, 6.45) is 1.19. The van der Waals surface area contributed by atoms with Gasteiger partial charge in [0.1, 0.15) is 0 Å². The lowest BCUT2D eigenvalue weighted by atomic mass is 10.3. The van der Waals surface area contributed by atoms with E-state index in [9.17, 15) is 0 Å². The fourth-order valence-corrected chi connectivity index (χ4v) is 1.73. The summed E-state index contributed by atoms with van der Waals surface area (Å²) in [6, 6.07) is 8.06. The van der Waals surface area contributed by atoms with Crippen molar-refractivity contribution < 1.29 is 0 Å². The molecule has 1 aromatic rings. The van der Waals surface area contributed by atoms with Crippen LogP contribution in [0, 0.1) is 0 Å². The number of benzene rings is 1. The monoisotopic (exact) mass is 153 g/mol. The topological polar surface area (TPSA) is 26.0 Å². The Hall–Kier alpha value is -0.550. The van der Waals surface area contributed by atoms with Crippen LogP contribution in [0.3, 0.4) is 0 Å². The Labute approximate surface area is 63.4 Å². The summed E-state index contributed by atoms with van der Waals surface area (Å²) in [5, 5.41) is 1.30. The van der Waals surface area contributed by atoms with Gasteiger partial charge < -0.3 is 5.73 Å². The molecule has 0 heterocycles. The van der Waals surface area contributed by atoms with Crippen molar-refractivity contribution in [2.45, 2.75) is 6.92 Å². The van der Waals surface area contributed by atoms with Crippen molar-refractivity contribution in [3.05, 3.63) is 24.3 Å². The van der Waals surface area contributed by atoms with E-state index >= 15 is 0 Å². The van der Waals surface area contributed by atoms with Crippen molar-refractivity contribution in [2.75, 3.05) is 11.9 Å². The van der Waals surface area contributed by atoms with Crippen molar-refractivity contribution in [1.82, 2.24) is 0 Å². The van der Waals surface area contributed by atoms with Crippen LogP contribution in [-0.2, 0) is 0 Å². The normalized spacial score (nSPS) is 10.9. The summed E-state index contributed by atoms with van der Waals surface area (Å²) in [4.78, 5) is 0. The van der Waals surface area contributed by atoms with Crippen LogP contribution in [-0.4, -0.2) is 6.16 Å². The van der Waals surface area contributed by atoms with Gasteiger partial charge in [0, 0.05) is 5.69 Å². The van der Waals surface area contributed by atoms with E-state index in [4.69, 9.17) is 5.73 Å². The molecule has 0 aromatic heterocycles. The summed E-state index contributed by atoms with van der Waals surface area (Å²) in [7, 11) is 0.861. The Kier molecular flexibility index (Phi) is 2.70. The Bertz CT molecular complexity index is 210. The Morgan fingerprint density at radius 1 is 1.40 bits per heavy atom. The van der Waals surface area contributed by atoms with Crippen LogP contribution in [0.4, 0.5) is 5.69 Å². The smallest absolute Gasteiger partial charge is 0.0389 e. The molecule has 0 saturated heterocycles. The molecule has 0 saturated carbocycles. The molecule has 1 unspecified atom stereocenters. The van der Waals surface area contributed by atoms with E-state index in [2.05, 4.69) is 13.0 Å². The maximum absolute atomic E-state index is 5.71. The van der Waals surface area contributed by atoms with Crippen LogP contribution in [0.15, 0.2) is 24.3 Å². The van der Waals surface area contributed by atoms with E-state index in [1.165, 1.54) is 11.5 Å². The van der Waals surface area contributed by atoms with Gasteiger partial charge in [-0.1, -0.05) is 33.7 Å². The molecule has 2 heteroatoms. The number of anilines is 1. The Balaban J connectivity index is 2.81. The zero-order chi connectivity index (χ0) is 7.40. The van der Waals surface area contributed by atoms with Crippen molar-refractivity contribution in [3.63, 3.8) is 0 Å². The third kappa shape index (κ3) is 1.71. The number of hydrogen-bond donors (Lipinski definition) is 1. The zero-order valence-electron chi connectivity index (χ0n) is 6.09. The average Bonchev–Trinajstić information content (AvgIpc) is 1.94. The van der Waals surface area contributed by atoms with E-state index in [1.807, 2.05) is 18.2 Å². The van der Waals surface area contributed by atoms with E-state index in [1.54, 1.807) is 0 Å². The highest BCUT2D eigenvalue weighted by Gasteiger charge is 1.92. The Morgan fingerprint density at radius 3 is 2.70 bits per heavy atom. The molecule has 0 aliphatic carbocycles. The molecule has 0 aliphatic heterocycles. The predicted octanol–water partition coefficient (Wildman–Crippen LogP) is 1.59. The van der Waals surface area contributed by atoms with Crippen LogP contribution in [0.1, 0.15) is 6.92 Å². The van der Waals surface area contributed by atoms with E-state index < -0.39 is 0 Å². The third-order valence-corrected chi connectivity index (χ3v) is 2.52. The standard InChI is InChI=1S/C8H12NP/c1-2-10-8-6-4-3-5-7(8)9/h3-6,10H,2,9H2,1H3. The van der Waals surface area contributed by atoms with Gasteiger partial charge in [-0.2, -0.15) is 0 Å². The SMILES string of the molecule is CCPc1ccccc1N. The zero-order valence-corrected chi connectivity index (χ0v) is 7.09. The highest BCUT2D eigenvalue weighted by molar-refractivity contribution is 7.47. The number of para-hydroxylation sites is 1. The molecule has 1 rings (SSSR count). The quantitative estimate of drug-likeness (QED) is 0.506. The van der Waals surface area contributed by atoms with Gasteiger partial charge in [0.15, 0.2) is 0 Å². The lowest BCUT2D eigenvalue weighted by molar-refractivity contribution is 1.52. The van der Waals surface area contributed by atoms with Gasteiger partial charge in [-0.3, -0.25) is 0 Å². The average molecular weight is 153 g/mol. The van der Waals surface area contributed by atoms with Gasteiger partial charge in [-0.25, -0.2) is 0 Å². The molecule has 1 nitrogen and oxygen atoms in total. The van der Waals surface area contributed by atoms with E-state index in [-0.39, 0.29) is 0 Å². The van der Waals surface area contributed by atoms with Crippen LogP contribution in [0.25, 0.3) is 0 Å². The second-order valence-corrected chi connectivity index (χ2v) is 3.72. The van der Waals surface area contributed by atoms with Crippen molar-refractivity contribution in [1.29, 1.82) is 0 Å². The molecule has 0 spiro atoms. The largest absolute Gasteiger partial charge is 0.398 e. The molecule has 0 fully saturated rings. The maximum atomic E-state index is 5.71. The summed E-state index contributed by atoms with van der Waals surface area (Å²) in [6.45, 7) is 2.17. The molecule has 10 heavy (non-hydrogen) atoms. The summed E-state index contributed by atoms with van der Waals surface area (Å²) in [5.41, 5.74) is 6.65. The number of nitrogen functional groups attached to an aromatic ring is 1. The van der Waals surface area contributed by atoms with E-state index in [0.717, 1.165) is 14.3 Å². The molecule has 54 valence electrons. The second kappa shape index (κ2) is 3.58. The molecule has 0 amide bonds. The van der Waals surface area contributed by atoms with E-state index in [0.29, 0.717) is 0 Å². The van der Waals surface area contributed by atoms with Gasteiger partial charge in [0.05, 0.1) is 0 Å². The first-order chi connectivity index (χ1) is 4.84. The molecular formula is C8H12NP. The maximum Gasteiger partial charge on any atom is 0.0389 e. The van der Waals surface area contributed by atoms with Crippen LogP contribution < -0.4 is 11.0 Å². The molecular weight excluding hydrogens is 141 g/mol. The molecule has 1 atom stereocenters. The summed E-state index contributed by atoms with van der Waals surface area (Å²) >= 11 is 0. The number of rotatable bonds is 2. The van der Waals surface area contributed by atoms with Crippen molar-refractivity contribution >= 4 is 19.6 Å². The van der Waals surface area contributed by atoms with Crippen molar-refractivity contribution in [3.8, 4) is 0 Å². The highest BCUT2D eigenvalue weighted by Crippen LogP contribution is 2.13. The molecule has 0 bridgehead atoms. The van der Waals surface area contributed by atoms with Crippen LogP contribution >= 0.6 is 8.58 Å². The van der Waals surface area contributed by atoms with Crippen LogP contribution in [0.5, 0.6) is 0 Å². The first kappa shape index (κ1) is 7.56. The minimum Gasteiger partial charge on any atom is -0.398 e. The molecule has 0 aliphatic rings. The summed E-state index contributed by atoms with van der Waals surface area (Å²) in [5.74, 6) is 0. The second-order valence-electron chi connectivity index (χ2n) is 2.12. The molecule has 1 aromatic carbocycles. The van der Waals surface area contributed by atoms with Gasteiger partial charge >= 0.3 is 0 Å². The molecule has 2 N–H and O–H groups in total. The van der Waals surface area contributed by atoms with Crippen molar-refractivity contribution in [2.24, 2.45) is 0 Å². The highest BCUT2D eigenvalue weighted by atomic mass is 31.1.